The topological polar surface area (TPSA) is 29.3 Å². The molecule has 0 heterocycles. The van der Waals surface area contributed by atoms with Crippen LogP contribution in [0.4, 0.5) is 15.8 Å². The van der Waals surface area contributed by atoms with Crippen LogP contribution in [-0.4, -0.2) is 13.1 Å². The average Bonchev–Trinajstić information content (AvgIpc) is 2.45. The number of hydrogen-bond acceptors (Lipinski definition) is 2. The summed E-state index contributed by atoms with van der Waals surface area (Å²) < 4.78 is 13.0. The highest BCUT2D eigenvalue weighted by atomic mass is 19.1. The molecule has 0 aromatic heterocycles. The molecule has 2 N–H and O–H groups in total. The Balaban J connectivity index is 2.32. The van der Waals surface area contributed by atoms with Crippen LogP contribution in [-0.2, 0) is 6.42 Å². The maximum absolute atomic E-state index is 13.0. The first-order chi connectivity index (χ1) is 9.65. The van der Waals surface area contributed by atoms with Gasteiger partial charge in [-0.2, -0.15) is 0 Å². The Morgan fingerprint density at radius 1 is 1.05 bits per heavy atom. The number of nitrogens with zero attached hydrogens (tertiary/aromatic N) is 1. The Labute approximate surface area is 120 Å². The predicted molar refractivity (Wildman–Crippen MR) is 83.0 cm³/mol. The van der Waals surface area contributed by atoms with E-state index in [0.717, 1.165) is 24.3 Å². The summed E-state index contributed by atoms with van der Waals surface area (Å²) in [5.74, 6) is -0.209. The van der Waals surface area contributed by atoms with Crippen LogP contribution in [0.15, 0.2) is 42.5 Å². The van der Waals surface area contributed by atoms with E-state index in [-0.39, 0.29) is 5.82 Å². The Morgan fingerprint density at radius 2 is 1.70 bits per heavy atom. The summed E-state index contributed by atoms with van der Waals surface area (Å²) in [4.78, 5) is 2.17. The molecule has 3 heteroatoms. The van der Waals surface area contributed by atoms with Gasteiger partial charge in [0.1, 0.15) is 5.82 Å². The number of aryl methyl sites for hydroxylation is 1. The van der Waals surface area contributed by atoms with Gasteiger partial charge in [-0.1, -0.05) is 6.07 Å². The van der Waals surface area contributed by atoms with Gasteiger partial charge in [-0.25, -0.2) is 4.39 Å². The minimum absolute atomic E-state index is 0.209. The molecule has 106 valence electrons. The van der Waals surface area contributed by atoms with Crippen molar-refractivity contribution in [3.63, 3.8) is 0 Å². The number of benzene rings is 2. The van der Waals surface area contributed by atoms with Gasteiger partial charge in [0.15, 0.2) is 0 Å². The molecule has 0 saturated carbocycles. The van der Waals surface area contributed by atoms with Crippen LogP contribution in [0.25, 0.3) is 0 Å². The highest BCUT2D eigenvalue weighted by Crippen LogP contribution is 2.27. The number of hydrogen-bond donors (Lipinski definition) is 1. The summed E-state index contributed by atoms with van der Waals surface area (Å²) in [5.41, 5.74) is 10.3. The number of rotatable bonds is 5. The molecule has 0 fully saturated rings. The lowest BCUT2D eigenvalue weighted by molar-refractivity contribution is 0.628. The molecule has 0 saturated heterocycles. The summed E-state index contributed by atoms with van der Waals surface area (Å²) in [5, 5.41) is 0. The molecular weight excluding hydrogens is 251 g/mol. The summed E-state index contributed by atoms with van der Waals surface area (Å²) >= 11 is 0. The summed E-state index contributed by atoms with van der Waals surface area (Å²) in [6.45, 7) is 5.69. The van der Waals surface area contributed by atoms with Crippen molar-refractivity contribution in [1.29, 1.82) is 0 Å². The van der Waals surface area contributed by atoms with E-state index in [0.29, 0.717) is 6.54 Å². The lowest BCUT2D eigenvalue weighted by atomic mass is 10.0. The fourth-order valence-corrected chi connectivity index (χ4v) is 2.42. The molecule has 0 radical (unpaired) electrons. The molecule has 2 aromatic rings. The molecule has 0 bridgehead atoms. The second-order valence-corrected chi connectivity index (χ2v) is 4.87. The zero-order valence-electron chi connectivity index (χ0n) is 12.1. The van der Waals surface area contributed by atoms with Gasteiger partial charge in [-0.3, -0.25) is 0 Å². The van der Waals surface area contributed by atoms with Crippen molar-refractivity contribution in [1.82, 2.24) is 0 Å². The van der Waals surface area contributed by atoms with Crippen LogP contribution in [0.5, 0.6) is 0 Å². The van der Waals surface area contributed by atoms with E-state index in [1.807, 2.05) is 12.1 Å². The Hall–Kier alpha value is -1.87. The molecule has 0 aliphatic rings. The van der Waals surface area contributed by atoms with E-state index in [1.165, 1.54) is 23.3 Å². The lowest BCUT2D eigenvalue weighted by Crippen LogP contribution is -2.16. The first-order valence-electron chi connectivity index (χ1n) is 6.98. The minimum Gasteiger partial charge on any atom is -0.342 e. The maximum Gasteiger partial charge on any atom is 0.123 e. The SMILES string of the molecule is CCN(c1ccc(F)cc1)c1ccc(CCN)c(C)c1. The third-order valence-electron chi connectivity index (χ3n) is 3.51. The molecule has 2 nitrogen and oxygen atoms in total. The van der Waals surface area contributed by atoms with Crippen LogP contribution in [0, 0.1) is 12.7 Å². The van der Waals surface area contributed by atoms with E-state index in [9.17, 15) is 4.39 Å². The predicted octanol–water partition coefficient (Wildman–Crippen LogP) is 3.79. The highest BCUT2D eigenvalue weighted by Gasteiger charge is 2.09. The van der Waals surface area contributed by atoms with Crippen molar-refractivity contribution in [2.75, 3.05) is 18.0 Å². The molecule has 0 aliphatic heterocycles. The van der Waals surface area contributed by atoms with Crippen LogP contribution >= 0.6 is 0 Å². The van der Waals surface area contributed by atoms with Gasteiger partial charge in [0.2, 0.25) is 0 Å². The van der Waals surface area contributed by atoms with Gasteiger partial charge in [-0.15, -0.1) is 0 Å². The van der Waals surface area contributed by atoms with Crippen molar-refractivity contribution in [3.05, 3.63) is 59.4 Å². The molecule has 0 amide bonds. The normalized spacial score (nSPS) is 10.6. The lowest BCUT2D eigenvalue weighted by Gasteiger charge is -2.24. The van der Waals surface area contributed by atoms with Crippen molar-refractivity contribution in [3.8, 4) is 0 Å². The van der Waals surface area contributed by atoms with Crippen LogP contribution in [0.2, 0.25) is 0 Å². The van der Waals surface area contributed by atoms with Gasteiger partial charge in [0, 0.05) is 17.9 Å². The first-order valence-corrected chi connectivity index (χ1v) is 6.98. The zero-order valence-corrected chi connectivity index (χ0v) is 12.1. The smallest absolute Gasteiger partial charge is 0.123 e. The first kappa shape index (κ1) is 14.5. The van der Waals surface area contributed by atoms with Crippen molar-refractivity contribution >= 4 is 11.4 Å². The van der Waals surface area contributed by atoms with E-state index in [2.05, 4.69) is 36.9 Å². The molecule has 2 rings (SSSR count). The van der Waals surface area contributed by atoms with Crippen LogP contribution < -0.4 is 10.6 Å². The Bertz CT molecular complexity index is 564. The molecule has 0 spiro atoms. The van der Waals surface area contributed by atoms with E-state index < -0.39 is 0 Å². The largest absolute Gasteiger partial charge is 0.342 e. The second kappa shape index (κ2) is 6.53. The zero-order chi connectivity index (χ0) is 14.5. The molecule has 2 aromatic carbocycles. The fourth-order valence-electron chi connectivity index (χ4n) is 2.42. The molecule has 0 atom stereocenters. The van der Waals surface area contributed by atoms with Gasteiger partial charge in [-0.05, 0) is 74.3 Å². The van der Waals surface area contributed by atoms with E-state index >= 15 is 0 Å². The van der Waals surface area contributed by atoms with Crippen molar-refractivity contribution in [2.24, 2.45) is 5.73 Å². The van der Waals surface area contributed by atoms with Crippen LogP contribution in [0.3, 0.4) is 0 Å². The van der Waals surface area contributed by atoms with Crippen molar-refractivity contribution < 1.29 is 4.39 Å². The third kappa shape index (κ3) is 3.17. The summed E-state index contributed by atoms with van der Waals surface area (Å²) in [7, 11) is 0. The second-order valence-electron chi connectivity index (χ2n) is 4.87. The van der Waals surface area contributed by atoms with Gasteiger partial charge in [0.25, 0.3) is 0 Å². The average molecular weight is 272 g/mol. The summed E-state index contributed by atoms with van der Waals surface area (Å²) in [6, 6.07) is 13.0. The molecule has 20 heavy (non-hydrogen) atoms. The standard InChI is InChI=1S/C17H21FN2/c1-3-20(16-8-5-15(18)6-9-16)17-7-4-14(10-11-19)13(2)12-17/h4-9,12H,3,10-11,19H2,1-2H3. The van der Waals surface area contributed by atoms with Crippen molar-refractivity contribution in [2.45, 2.75) is 20.3 Å². The Kier molecular flexibility index (Phi) is 4.74. The molecule has 0 aliphatic carbocycles. The quantitative estimate of drug-likeness (QED) is 0.897. The van der Waals surface area contributed by atoms with E-state index in [1.54, 1.807) is 0 Å². The molecule has 0 unspecified atom stereocenters. The van der Waals surface area contributed by atoms with E-state index in [4.69, 9.17) is 5.73 Å². The third-order valence-corrected chi connectivity index (χ3v) is 3.51. The monoisotopic (exact) mass is 272 g/mol. The molecular formula is C17H21FN2. The Morgan fingerprint density at radius 3 is 2.25 bits per heavy atom. The highest BCUT2D eigenvalue weighted by molar-refractivity contribution is 5.64. The van der Waals surface area contributed by atoms with Gasteiger partial charge in [0.05, 0.1) is 0 Å². The summed E-state index contributed by atoms with van der Waals surface area (Å²) in [6.07, 6.45) is 0.898. The van der Waals surface area contributed by atoms with Gasteiger partial charge < -0.3 is 10.6 Å². The fraction of sp³-hybridized carbons (Fsp3) is 0.294. The number of nitrogens with two attached hydrogens (primary N) is 1. The van der Waals surface area contributed by atoms with Crippen LogP contribution in [0.1, 0.15) is 18.1 Å². The number of halogens is 1. The van der Waals surface area contributed by atoms with Gasteiger partial charge >= 0.3 is 0 Å². The number of anilines is 2. The minimum atomic E-state index is -0.209. The maximum atomic E-state index is 13.0.